The Balaban J connectivity index is 1.83. The van der Waals surface area contributed by atoms with Gasteiger partial charge in [-0.05, 0) is 56.3 Å². The fraction of sp³-hybridized carbons (Fsp3) is 0.647. The highest BCUT2D eigenvalue weighted by atomic mass is 35.5. The molecular weight excluding hydrogens is 268 g/mol. The van der Waals surface area contributed by atoms with Crippen molar-refractivity contribution in [1.29, 1.82) is 0 Å². The van der Waals surface area contributed by atoms with Crippen molar-refractivity contribution >= 4 is 17.3 Å². The zero-order valence-electron chi connectivity index (χ0n) is 12.4. The summed E-state index contributed by atoms with van der Waals surface area (Å²) in [6.45, 7) is 2.05. The van der Waals surface area contributed by atoms with Crippen LogP contribution in [0.25, 0.3) is 0 Å². The highest BCUT2D eigenvalue weighted by Crippen LogP contribution is 2.40. The van der Waals surface area contributed by atoms with E-state index in [9.17, 15) is 0 Å². The monoisotopic (exact) mass is 292 g/mol. The highest BCUT2D eigenvalue weighted by Gasteiger charge is 2.33. The standard InChI is InChI=1S/C17H25ClN2/c1-19-12-13-8-9-17(15(18)11-13)20-10-4-6-14-5-2-3-7-16(14)20/h8-9,11,14,16,19H,2-7,10,12H2,1H3/t14-,16-/m1/s1. The molecule has 20 heavy (non-hydrogen) atoms. The number of piperidine rings is 1. The van der Waals surface area contributed by atoms with E-state index in [-0.39, 0.29) is 0 Å². The highest BCUT2D eigenvalue weighted by molar-refractivity contribution is 6.33. The van der Waals surface area contributed by atoms with Crippen LogP contribution in [0, 0.1) is 5.92 Å². The third-order valence-electron chi connectivity index (χ3n) is 4.95. The van der Waals surface area contributed by atoms with Crippen LogP contribution in [-0.2, 0) is 6.54 Å². The van der Waals surface area contributed by atoms with Crippen LogP contribution in [0.2, 0.25) is 5.02 Å². The van der Waals surface area contributed by atoms with Crippen molar-refractivity contribution in [3.8, 4) is 0 Å². The lowest BCUT2D eigenvalue weighted by atomic mass is 9.78. The van der Waals surface area contributed by atoms with Gasteiger partial charge in [-0.1, -0.05) is 30.5 Å². The Kier molecular flexibility index (Phi) is 4.52. The number of halogens is 1. The number of nitrogens with zero attached hydrogens (tertiary/aromatic N) is 1. The maximum atomic E-state index is 6.56. The zero-order valence-corrected chi connectivity index (χ0v) is 13.1. The molecule has 2 nitrogen and oxygen atoms in total. The van der Waals surface area contributed by atoms with Crippen molar-refractivity contribution in [2.75, 3.05) is 18.5 Å². The summed E-state index contributed by atoms with van der Waals surface area (Å²) in [6, 6.07) is 7.29. The third kappa shape index (κ3) is 2.82. The second-order valence-corrected chi connectivity index (χ2v) is 6.67. The first-order chi connectivity index (χ1) is 9.79. The van der Waals surface area contributed by atoms with Gasteiger partial charge in [0, 0.05) is 19.1 Å². The number of rotatable bonds is 3. The fourth-order valence-electron chi connectivity index (χ4n) is 4.02. The van der Waals surface area contributed by atoms with Gasteiger partial charge in [0.1, 0.15) is 0 Å². The van der Waals surface area contributed by atoms with Crippen LogP contribution in [-0.4, -0.2) is 19.6 Å². The molecule has 1 aliphatic carbocycles. The minimum Gasteiger partial charge on any atom is -0.367 e. The SMILES string of the molecule is CNCc1ccc(N2CCC[C@H]3CCCC[C@H]32)c(Cl)c1. The summed E-state index contributed by atoms with van der Waals surface area (Å²) in [5.74, 6) is 0.894. The van der Waals surface area contributed by atoms with Crippen LogP contribution in [0.15, 0.2) is 18.2 Å². The maximum Gasteiger partial charge on any atom is 0.0642 e. The van der Waals surface area contributed by atoms with Crippen LogP contribution in [0.1, 0.15) is 44.1 Å². The van der Waals surface area contributed by atoms with E-state index in [1.807, 2.05) is 7.05 Å². The van der Waals surface area contributed by atoms with Gasteiger partial charge in [0.05, 0.1) is 10.7 Å². The quantitative estimate of drug-likeness (QED) is 0.897. The summed E-state index contributed by atoms with van der Waals surface area (Å²) in [6.07, 6.45) is 8.29. The van der Waals surface area contributed by atoms with Crippen LogP contribution in [0.5, 0.6) is 0 Å². The molecular formula is C17H25ClN2. The molecule has 1 aromatic rings. The van der Waals surface area contributed by atoms with E-state index in [0.717, 1.165) is 23.5 Å². The first-order valence-corrected chi connectivity index (χ1v) is 8.37. The van der Waals surface area contributed by atoms with Gasteiger partial charge in [0.25, 0.3) is 0 Å². The van der Waals surface area contributed by atoms with Crippen molar-refractivity contribution in [2.45, 2.75) is 51.1 Å². The molecule has 2 aliphatic rings. The second kappa shape index (κ2) is 6.36. The number of fused-ring (bicyclic) bond motifs is 1. The predicted octanol–water partition coefficient (Wildman–Crippen LogP) is 4.22. The Morgan fingerprint density at radius 3 is 2.80 bits per heavy atom. The Labute approximate surface area is 127 Å². The summed E-state index contributed by atoms with van der Waals surface area (Å²) < 4.78 is 0. The van der Waals surface area contributed by atoms with Gasteiger partial charge in [-0.2, -0.15) is 0 Å². The van der Waals surface area contributed by atoms with Gasteiger partial charge < -0.3 is 10.2 Å². The van der Waals surface area contributed by atoms with Crippen LogP contribution >= 0.6 is 11.6 Å². The lowest BCUT2D eigenvalue weighted by molar-refractivity contribution is 0.244. The number of hydrogen-bond acceptors (Lipinski definition) is 2. The molecule has 2 atom stereocenters. The molecule has 1 N–H and O–H groups in total. The number of benzene rings is 1. The summed E-state index contributed by atoms with van der Waals surface area (Å²) in [4.78, 5) is 2.60. The molecule has 0 unspecified atom stereocenters. The zero-order chi connectivity index (χ0) is 13.9. The number of anilines is 1. The van der Waals surface area contributed by atoms with Crippen molar-refractivity contribution in [3.63, 3.8) is 0 Å². The fourth-order valence-corrected chi connectivity index (χ4v) is 4.33. The van der Waals surface area contributed by atoms with Crippen LogP contribution < -0.4 is 10.2 Å². The Hall–Kier alpha value is -0.730. The molecule has 1 heterocycles. The smallest absolute Gasteiger partial charge is 0.0642 e. The largest absolute Gasteiger partial charge is 0.367 e. The van der Waals surface area contributed by atoms with Gasteiger partial charge in [0.2, 0.25) is 0 Å². The van der Waals surface area contributed by atoms with E-state index in [0.29, 0.717) is 0 Å². The Morgan fingerprint density at radius 2 is 2.00 bits per heavy atom. The molecule has 3 heteroatoms. The van der Waals surface area contributed by atoms with Gasteiger partial charge >= 0.3 is 0 Å². The number of hydrogen-bond donors (Lipinski definition) is 1. The van der Waals surface area contributed by atoms with Gasteiger partial charge in [-0.3, -0.25) is 0 Å². The molecule has 1 aliphatic heterocycles. The van der Waals surface area contributed by atoms with E-state index < -0.39 is 0 Å². The van der Waals surface area contributed by atoms with Crippen molar-refractivity contribution < 1.29 is 0 Å². The van der Waals surface area contributed by atoms with E-state index in [1.54, 1.807) is 0 Å². The second-order valence-electron chi connectivity index (χ2n) is 6.26. The molecule has 0 bridgehead atoms. The van der Waals surface area contributed by atoms with Gasteiger partial charge in [0.15, 0.2) is 0 Å². The molecule has 0 aromatic heterocycles. The van der Waals surface area contributed by atoms with E-state index in [4.69, 9.17) is 11.6 Å². The molecule has 0 spiro atoms. The topological polar surface area (TPSA) is 15.3 Å². The first-order valence-electron chi connectivity index (χ1n) is 7.99. The van der Waals surface area contributed by atoms with Crippen molar-refractivity contribution in [1.82, 2.24) is 5.32 Å². The van der Waals surface area contributed by atoms with E-state index >= 15 is 0 Å². The Bertz CT molecular complexity index is 458. The minimum absolute atomic E-state index is 0.727. The van der Waals surface area contributed by atoms with Crippen LogP contribution in [0.4, 0.5) is 5.69 Å². The van der Waals surface area contributed by atoms with Gasteiger partial charge in [-0.25, -0.2) is 0 Å². The molecule has 0 radical (unpaired) electrons. The first kappa shape index (κ1) is 14.2. The lowest BCUT2D eigenvalue weighted by Crippen LogP contribution is -2.47. The van der Waals surface area contributed by atoms with Crippen molar-refractivity contribution in [2.24, 2.45) is 5.92 Å². The van der Waals surface area contributed by atoms with Crippen molar-refractivity contribution in [3.05, 3.63) is 28.8 Å². The Morgan fingerprint density at radius 1 is 1.20 bits per heavy atom. The molecule has 0 amide bonds. The maximum absolute atomic E-state index is 6.56. The average molecular weight is 293 g/mol. The summed E-state index contributed by atoms with van der Waals surface area (Å²) in [7, 11) is 1.97. The molecule has 1 saturated heterocycles. The summed E-state index contributed by atoms with van der Waals surface area (Å²) in [5, 5.41) is 4.10. The minimum atomic E-state index is 0.727. The van der Waals surface area contributed by atoms with E-state index in [1.165, 1.54) is 56.3 Å². The molecule has 2 fully saturated rings. The lowest BCUT2D eigenvalue weighted by Gasteiger charge is -2.45. The summed E-state index contributed by atoms with van der Waals surface area (Å²) >= 11 is 6.56. The van der Waals surface area contributed by atoms with Gasteiger partial charge in [-0.15, -0.1) is 0 Å². The number of nitrogens with one attached hydrogen (secondary N) is 1. The molecule has 1 saturated carbocycles. The molecule has 1 aromatic carbocycles. The average Bonchev–Trinajstić information content (AvgIpc) is 2.47. The molecule has 3 rings (SSSR count). The molecule has 110 valence electrons. The normalized spacial score (nSPS) is 26.4. The van der Waals surface area contributed by atoms with E-state index in [2.05, 4.69) is 28.4 Å². The van der Waals surface area contributed by atoms with Crippen LogP contribution in [0.3, 0.4) is 0 Å². The summed E-state index contributed by atoms with van der Waals surface area (Å²) in [5.41, 5.74) is 2.52. The third-order valence-corrected chi connectivity index (χ3v) is 5.25. The predicted molar refractivity (Wildman–Crippen MR) is 86.5 cm³/mol.